The van der Waals surface area contributed by atoms with Gasteiger partial charge in [0.2, 0.25) is 17.7 Å². The number of carbonyl (C=O) groups excluding carboxylic acids is 3. The van der Waals surface area contributed by atoms with Crippen molar-refractivity contribution in [1.82, 2.24) is 25.4 Å². The molecule has 2 aromatic rings. The van der Waals surface area contributed by atoms with Crippen molar-refractivity contribution in [2.24, 2.45) is 11.1 Å². The molecule has 2 aliphatic rings. The Kier molecular flexibility index (Phi) is 6.39. The summed E-state index contributed by atoms with van der Waals surface area (Å²) in [5, 5.41) is 6.39. The van der Waals surface area contributed by atoms with Crippen molar-refractivity contribution in [3.63, 3.8) is 0 Å². The summed E-state index contributed by atoms with van der Waals surface area (Å²) in [7, 11) is 1.67. The van der Waals surface area contributed by atoms with Crippen LogP contribution in [0.3, 0.4) is 0 Å². The van der Waals surface area contributed by atoms with E-state index in [9.17, 15) is 18.8 Å². The van der Waals surface area contributed by atoms with E-state index in [1.54, 1.807) is 22.9 Å². The number of hydrogen-bond donors (Lipinski definition) is 4. The monoisotopic (exact) mass is 486 g/mol. The van der Waals surface area contributed by atoms with Crippen LogP contribution in [0.25, 0.3) is 10.9 Å². The molecule has 1 aromatic heterocycles. The zero-order chi connectivity index (χ0) is 25.7. The second-order valence-electron chi connectivity index (χ2n) is 10.8. The summed E-state index contributed by atoms with van der Waals surface area (Å²) in [6.07, 6.45) is 2.23. The number of nitrogens with zero attached hydrogens (tertiary/aromatic N) is 2. The summed E-state index contributed by atoms with van der Waals surface area (Å²) in [6.45, 7) is 7.93. The van der Waals surface area contributed by atoms with Gasteiger partial charge in [0.1, 0.15) is 17.5 Å². The Morgan fingerprint density at radius 1 is 1.31 bits per heavy atom. The second kappa shape index (κ2) is 8.91. The number of nitrogens with two attached hydrogens (primary N) is 1. The molecule has 5 N–H and O–H groups in total. The molecule has 0 bridgehead atoms. The van der Waals surface area contributed by atoms with Crippen molar-refractivity contribution in [3.8, 4) is 0 Å². The van der Waals surface area contributed by atoms with Gasteiger partial charge in [-0.1, -0.05) is 20.8 Å². The van der Waals surface area contributed by atoms with Crippen molar-refractivity contribution in [1.29, 1.82) is 0 Å². The minimum atomic E-state index is -1.06. The lowest BCUT2D eigenvalue weighted by atomic mass is 9.84. The fourth-order valence-electron chi connectivity index (χ4n) is 5.73. The SMILES string of the molecule is CNCC(=O)NC(C(=O)N1CC[C@]2(N)C1[C@@H](c1c[nH]c3ccc(F)cc13)CN2C(C)=O)C(C)(C)C. The van der Waals surface area contributed by atoms with Crippen LogP contribution in [0, 0.1) is 11.2 Å². The maximum Gasteiger partial charge on any atom is 0.246 e. The van der Waals surface area contributed by atoms with Gasteiger partial charge in [-0.25, -0.2) is 4.39 Å². The van der Waals surface area contributed by atoms with E-state index in [1.165, 1.54) is 19.1 Å². The molecule has 3 amide bonds. The minimum absolute atomic E-state index is 0.0890. The van der Waals surface area contributed by atoms with E-state index in [0.29, 0.717) is 24.9 Å². The number of carbonyl (C=O) groups is 3. The van der Waals surface area contributed by atoms with Crippen molar-refractivity contribution in [3.05, 3.63) is 35.8 Å². The summed E-state index contributed by atoms with van der Waals surface area (Å²) >= 11 is 0. The van der Waals surface area contributed by atoms with Gasteiger partial charge in [-0.3, -0.25) is 14.4 Å². The fourth-order valence-corrected chi connectivity index (χ4v) is 5.73. The van der Waals surface area contributed by atoms with Gasteiger partial charge < -0.3 is 31.2 Å². The van der Waals surface area contributed by atoms with Gasteiger partial charge in [-0.05, 0) is 36.2 Å². The predicted octanol–water partition coefficient (Wildman–Crippen LogP) is 1.26. The van der Waals surface area contributed by atoms with Crippen LogP contribution < -0.4 is 16.4 Å². The molecule has 4 atom stereocenters. The molecule has 4 rings (SSSR count). The van der Waals surface area contributed by atoms with E-state index in [1.807, 2.05) is 27.0 Å². The molecular formula is C25H35FN6O3. The largest absolute Gasteiger partial charge is 0.361 e. The van der Waals surface area contributed by atoms with E-state index in [4.69, 9.17) is 5.73 Å². The highest BCUT2D eigenvalue weighted by Crippen LogP contribution is 2.47. The number of rotatable bonds is 5. The number of likely N-dealkylation sites (tertiary alicyclic amines) is 2. The zero-order valence-corrected chi connectivity index (χ0v) is 20.9. The average molecular weight is 487 g/mol. The molecule has 3 heterocycles. The van der Waals surface area contributed by atoms with Gasteiger partial charge in [0, 0.05) is 49.5 Å². The van der Waals surface area contributed by atoms with Crippen LogP contribution in [0.5, 0.6) is 0 Å². The third-order valence-corrected chi connectivity index (χ3v) is 7.36. The molecule has 190 valence electrons. The molecule has 1 aromatic carbocycles. The van der Waals surface area contributed by atoms with E-state index in [0.717, 1.165) is 11.1 Å². The van der Waals surface area contributed by atoms with Crippen LogP contribution in [-0.2, 0) is 14.4 Å². The highest BCUT2D eigenvalue weighted by Gasteiger charge is 2.61. The second-order valence-corrected chi connectivity index (χ2v) is 10.8. The van der Waals surface area contributed by atoms with Crippen molar-refractivity contribution in [2.75, 3.05) is 26.7 Å². The Hall–Kier alpha value is -2.98. The Labute approximate surface area is 204 Å². The normalized spacial score (nSPS) is 25.1. The number of likely N-dealkylation sites (N-methyl/N-ethyl adjacent to an activating group) is 1. The Balaban J connectivity index is 1.76. The topological polar surface area (TPSA) is 124 Å². The van der Waals surface area contributed by atoms with Crippen molar-refractivity contribution >= 4 is 28.6 Å². The van der Waals surface area contributed by atoms with Gasteiger partial charge in [-0.15, -0.1) is 0 Å². The zero-order valence-electron chi connectivity index (χ0n) is 20.9. The Bertz CT molecular complexity index is 1160. The quantitative estimate of drug-likeness (QED) is 0.507. The number of aromatic nitrogens is 1. The molecule has 2 aliphatic heterocycles. The first-order valence-corrected chi connectivity index (χ1v) is 12.0. The van der Waals surface area contributed by atoms with Gasteiger partial charge in [0.15, 0.2) is 0 Å². The number of benzene rings is 1. The predicted molar refractivity (Wildman–Crippen MR) is 131 cm³/mol. The molecule has 0 saturated carbocycles. The molecule has 2 unspecified atom stereocenters. The average Bonchev–Trinajstić information content (AvgIpc) is 3.41. The fraction of sp³-hybridized carbons (Fsp3) is 0.560. The molecule has 2 saturated heterocycles. The maximum absolute atomic E-state index is 14.1. The number of hydrogen-bond acceptors (Lipinski definition) is 5. The number of halogens is 1. The number of aromatic amines is 1. The molecular weight excluding hydrogens is 451 g/mol. The van der Waals surface area contributed by atoms with Crippen LogP contribution in [0.4, 0.5) is 4.39 Å². The highest BCUT2D eigenvalue weighted by molar-refractivity contribution is 5.90. The first-order valence-electron chi connectivity index (χ1n) is 12.0. The summed E-state index contributed by atoms with van der Waals surface area (Å²) in [5.41, 5.74) is 6.87. The molecule has 2 fully saturated rings. The van der Waals surface area contributed by atoms with Gasteiger partial charge in [0.25, 0.3) is 0 Å². The summed E-state index contributed by atoms with van der Waals surface area (Å²) in [4.78, 5) is 45.6. The Morgan fingerprint density at radius 3 is 2.66 bits per heavy atom. The number of amides is 3. The number of nitrogens with one attached hydrogen (secondary N) is 3. The molecule has 9 nitrogen and oxygen atoms in total. The van der Waals surface area contributed by atoms with Crippen LogP contribution in [0.1, 0.15) is 45.6 Å². The summed E-state index contributed by atoms with van der Waals surface area (Å²) in [6, 6.07) is 3.23. The molecule has 10 heteroatoms. The minimum Gasteiger partial charge on any atom is -0.361 e. The molecule has 0 radical (unpaired) electrons. The molecule has 0 spiro atoms. The lowest BCUT2D eigenvalue weighted by molar-refractivity contribution is -0.141. The number of fused-ring (bicyclic) bond motifs is 2. The van der Waals surface area contributed by atoms with Crippen molar-refractivity contribution in [2.45, 2.75) is 57.8 Å². The third-order valence-electron chi connectivity index (χ3n) is 7.36. The van der Waals surface area contributed by atoms with Crippen molar-refractivity contribution < 1.29 is 18.8 Å². The summed E-state index contributed by atoms with van der Waals surface area (Å²) < 4.78 is 14.1. The van der Waals surface area contributed by atoms with E-state index in [-0.39, 0.29) is 36.0 Å². The maximum atomic E-state index is 14.1. The van der Waals surface area contributed by atoms with Gasteiger partial charge in [-0.2, -0.15) is 0 Å². The van der Waals surface area contributed by atoms with Crippen LogP contribution in [0.2, 0.25) is 0 Å². The molecule has 0 aliphatic carbocycles. The van der Waals surface area contributed by atoms with Gasteiger partial charge >= 0.3 is 0 Å². The standard InChI is InChI=1S/C25H35FN6O3/c1-14(33)32-13-18(17-11-29-19-7-6-15(26)10-16(17)19)22-25(32,27)8-9-31(22)23(35)21(24(2,3)4)30-20(34)12-28-5/h6-7,10-11,18,21-22,28-29H,8-9,12-13,27H2,1-5H3,(H,30,34)/t18-,21?,22?,25-/m1/s1. The van der Waals surface area contributed by atoms with Crippen LogP contribution >= 0.6 is 0 Å². The first kappa shape index (κ1) is 25.1. The van der Waals surface area contributed by atoms with E-state index >= 15 is 0 Å². The summed E-state index contributed by atoms with van der Waals surface area (Å²) in [5.74, 6) is -1.37. The Morgan fingerprint density at radius 2 is 2.03 bits per heavy atom. The first-order chi connectivity index (χ1) is 16.4. The van der Waals surface area contributed by atoms with E-state index in [2.05, 4.69) is 15.6 Å². The lowest BCUT2D eigenvalue weighted by Gasteiger charge is -2.39. The van der Waals surface area contributed by atoms with Crippen LogP contribution in [0.15, 0.2) is 24.4 Å². The smallest absolute Gasteiger partial charge is 0.246 e. The van der Waals surface area contributed by atoms with Crippen LogP contribution in [-0.4, -0.2) is 76.9 Å². The third kappa shape index (κ3) is 4.29. The van der Waals surface area contributed by atoms with Gasteiger partial charge in [0.05, 0.1) is 12.6 Å². The lowest BCUT2D eigenvalue weighted by Crippen LogP contribution is -2.62. The number of H-pyrrole nitrogens is 1. The van der Waals surface area contributed by atoms with E-state index < -0.39 is 23.2 Å². The highest BCUT2D eigenvalue weighted by atomic mass is 19.1. The molecule has 35 heavy (non-hydrogen) atoms.